The van der Waals surface area contributed by atoms with Crippen molar-refractivity contribution in [2.45, 2.75) is 31.7 Å². The zero-order chi connectivity index (χ0) is 16.9. The van der Waals surface area contributed by atoms with Gasteiger partial charge in [0.05, 0.1) is 12.6 Å². The van der Waals surface area contributed by atoms with Gasteiger partial charge < -0.3 is 20.1 Å². The van der Waals surface area contributed by atoms with Crippen LogP contribution < -0.4 is 5.32 Å². The van der Waals surface area contributed by atoms with E-state index in [9.17, 15) is 23.1 Å². The van der Waals surface area contributed by atoms with E-state index in [1.165, 1.54) is 11.0 Å². The maximum Gasteiger partial charge on any atom is 0.405 e. The van der Waals surface area contributed by atoms with Crippen molar-refractivity contribution in [2.24, 2.45) is 0 Å². The number of hydrogen-bond donors (Lipinski definition) is 2. The van der Waals surface area contributed by atoms with Gasteiger partial charge in [-0.1, -0.05) is 18.2 Å². The molecule has 0 radical (unpaired) electrons. The number of halogens is 3. The van der Waals surface area contributed by atoms with E-state index in [0.29, 0.717) is 12.2 Å². The Labute approximate surface area is 132 Å². The van der Waals surface area contributed by atoms with Gasteiger partial charge in [-0.2, -0.15) is 13.2 Å². The molecule has 2 N–H and O–H groups in total. The zero-order valence-corrected chi connectivity index (χ0v) is 12.5. The van der Waals surface area contributed by atoms with Crippen molar-refractivity contribution >= 4 is 6.03 Å². The van der Waals surface area contributed by atoms with Crippen LogP contribution in [0.2, 0.25) is 0 Å². The lowest BCUT2D eigenvalue weighted by atomic mass is 10.1. The number of urea groups is 1. The first-order valence-corrected chi connectivity index (χ1v) is 7.33. The summed E-state index contributed by atoms with van der Waals surface area (Å²) in [5.41, 5.74) is 0.465. The van der Waals surface area contributed by atoms with Gasteiger partial charge in [-0.3, -0.25) is 0 Å². The molecule has 1 unspecified atom stereocenters. The van der Waals surface area contributed by atoms with Crippen LogP contribution >= 0.6 is 0 Å². The van der Waals surface area contributed by atoms with E-state index in [4.69, 9.17) is 4.74 Å². The summed E-state index contributed by atoms with van der Waals surface area (Å²) in [4.78, 5) is 13.3. The first-order valence-electron chi connectivity index (χ1n) is 7.33. The molecule has 1 aliphatic heterocycles. The largest absolute Gasteiger partial charge is 0.508 e. The predicted molar refractivity (Wildman–Crippen MR) is 76.9 cm³/mol. The van der Waals surface area contributed by atoms with Gasteiger partial charge in [0, 0.05) is 18.7 Å². The lowest BCUT2D eigenvalue weighted by Crippen LogP contribution is -2.46. The number of alkyl halides is 3. The van der Waals surface area contributed by atoms with Gasteiger partial charge in [-0.05, 0) is 18.9 Å². The number of hydrogen-bond acceptors (Lipinski definition) is 3. The summed E-state index contributed by atoms with van der Waals surface area (Å²) in [5, 5.41) is 11.7. The quantitative estimate of drug-likeness (QED) is 0.871. The number of nitrogens with one attached hydrogen (secondary N) is 1. The summed E-state index contributed by atoms with van der Waals surface area (Å²) < 4.78 is 42.3. The fraction of sp³-hybridized carbons (Fsp3) is 0.533. The summed E-state index contributed by atoms with van der Waals surface area (Å²) >= 11 is 0. The van der Waals surface area contributed by atoms with Gasteiger partial charge in [0.1, 0.15) is 12.3 Å². The maximum atomic E-state index is 12.3. The second-order valence-corrected chi connectivity index (χ2v) is 5.42. The minimum Gasteiger partial charge on any atom is -0.508 e. The molecule has 1 atom stereocenters. The van der Waals surface area contributed by atoms with Crippen LogP contribution in [0.3, 0.4) is 0 Å². The van der Waals surface area contributed by atoms with Crippen molar-refractivity contribution in [1.29, 1.82) is 0 Å². The van der Waals surface area contributed by atoms with Gasteiger partial charge in [0.25, 0.3) is 0 Å². The Bertz CT molecular complexity index is 531. The van der Waals surface area contributed by atoms with Crippen molar-refractivity contribution < 1.29 is 27.8 Å². The molecule has 1 aromatic carbocycles. The summed E-state index contributed by atoms with van der Waals surface area (Å²) in [6, 6.07) is 5.57. The molecule has 0 saturated carbocycles. The molecule has 1 aromatic rings. The Hall–Kier alpha value is -1.96. The first-order chi connectivity index (χ1) is 10.8. The van der Waals surface area contributed by atoms with Crippen LogP contribution in [0, 0.1) is 0 Å². The van der Waals surface area contributed by atoms with Crippen molar-refractivity contribution in [2.75, 3.05) is 19.7 Å². The number of ether oxygens (including phenoxy) is 1. The fourth-order valence-corrected chi connectivity index (χ4v) is 2.39. The molecule has 2 rings (SSSR count). The number of nitrogens with zero attached hydrogens (tertiary/aromatic N) is 1. The van der Waals surface area contributed by atoms with Crippen LogP contribution in [0.4, 0.5) is 18.0 Å². The molecule has 1 heterocycles. The van der Waals surface area contributed by atoms with E-state index < -0.39 is 18.8 Å². The smallest absolute Gasteiger partial charge is 0.405 e. The lowest BCUT2D eigenvalue weighted by Gasteiger charge is -2.26. The average molecular weight is 332 g/mol. The number of carbonyl (C=O) groups is 1. The van der Waals surface area contributed by atoms with E-state index in [1.54, 1.807) is 18.2 Å². The number of aromatic hydroxyl groups is 1. The van der Waals surface area contributed by atoms with Crippen molar-refractivity contribution in [3.05, 3.63) is 29.8 Å². The molecular weight excluding hydrogens is 313 g/mol. The predicted octanol–water partition coefficient (Wildman–Crippen LogP) is 2.65. The van der Waals surface area contributed by atoms with Crippen molar-refractivity contribution in [3.8, 4) is 5.75 Å². The second kappa shape index (κ2) is 7.54. The molecule has 1 saturated heterocycles. The molecule has 0 bridgehead atoms. The Morgan fingerprint density at radius 3 is 2.74 bits per heavy atom. The third kappa shape index (κ3) is 5.63. The van der Waals surface area contributed by atoms with Crippen molar-refractivity contribution in [3.63, 3.8) is 0 Å². The molecule has 128 valence electrons. The summed E-state index contributed by atoms with van der Waals surface area (Å²) in [6.07, 6.45) is -3.05. The normalized spacial score (nSPS) is 18.0. The van der Waals surface area contributed by atoms with Crippen LogP contribution in [0.5, 0.6) is 5.75 Å². The van der Waals surface area contributed by atoms with Gasteiger partial charge in [0.15, 0.2) is 0 Å². The third-order valence-electron chi connectivity index (χ3n) is 3.53. The van der Waals surface area contributed by atoms with Crippen LogP contribution in [0.15, 0.2) is 24.3 Å². The lowest BCUT2D eigenvalue weighted by molar-refractivity contribution is -0.123. The highest BCUT2D eigenvalue weighted by molar-refractivity contribution is 5.74. The minimum atomic E-state index is -4.47. The number of rotatable bonds is 5. The summed E-state index contributed by atoms with van der Waals surface area (Å²) in [7, 11) is 0. The van der Waals surface area contributed by atoms with Gasteiger partial charge in [-0.15, -0.1) is 0 Å². The minimum absolute atomic E-state index is 0.00605. The van der Waals surface area contributed by atoms with Crippen LogP contribution in [-0.2, 0) is 11.3 Å². The average Bonchev–Trinajstić information content (AvgIpc) is 2.98. The molecule has 0 aliphatic carbocycles. The number of phenolic OH excluding ortho intramolecular Hbond substituents is 1. The van der Waals surface area contributed by atoms with Crippen molar-refractivity contribution in [1.82, 2.24) is 10.2 Å². The highest BCUT2D eigenvalue weighted by Crippen LogP contribution is 2.20. The molecule has 23 heavy (non-hydrogen) atoms. The second-order valence-electron chi connectivity index (χ2n) is 5.42. The topological polar surface area (TPSA) is 61.8 Å². The Kier molecular flexibility index (Phi) is 5.70. The van der Waals surface area contributed by atoms with Crippen LogP contribution in [0.25, 0.3) is 0 Å². The van der Waals surface area contributed by atoms with E-state index in [2.05, 4.69) is 0 Å². The number of phenols is 1. The third-order valence-corrected chi connectivity index (χ3v) is 3.53. The Balaban J connectivity index is 2.04. The monoisotopic (exact) mass is 332 g/mol. The molecule has 0 spiro atoms. The van der Waals surface area contributed by atoms with E-state index in [-0.39, 0.29) is 24.9 Å². The standard InChI is InChI=1S/C15H19F3N2O3/c16-15(17,18)10-19-14(22)20(9-12-5-3-7-23-12)8-11-4-1-2-6-13(11)21/h1-2,4,6,12,21H,3,5,7-10H2,(H,19,22). The molecular formula is C15H19F3N2O3. The maximum absolute atomic E-state index is 12.3. The molecule has 1 aliphatic rings. The number of benzene rings is 1. The van der Waals surface area contributed by atoms with Crippen LogP contribution in [0.1, 0.15) is 18.4 Å². The highest BCUT2D eigenvalue weighted by Gasteiger charge is 2.30. The fourth-order valence-electron chi connectivity index (χ4n) is 2.39. The van der Waals surface area contributed by atoms with Gasteiger partial charge in [-0.25, -0.2) is 4.79 Å². The molecule has 1 fully saturated rings. The Morgan fingerprint density at radius 2 is 2.13 bits per heavy atom. The first kappa shape index (κ1) is 17.4. The molecule has 8 heteroatoms. The Morgan fingerprint density at radius 1 is 1.39 bits per heavy atom. The number of amides is 2. The van der Waals surface area contributed by atoms with E-state index in [0.717, 1.165) is 12.8 Å². The number of carbonyl (C=O) groups excluding carboxylic acids is 1. The highest BCUT2D eigenvalue weighted by atomic mass is 19.4. The van der Waals surface area contributed by atoms with E-state index >= 15 is 0 Å². The summed E-state index contributed by atoms with van der Waals surface area (Å²) in [6.45, 7) is -0.623. The zero-order valence-electron chi connectivity index (χ0n) is 12.5. The SMILES string of the molecule is O=C(NCC(F)(F)F)N(Cc1ccccc1O)CC1CCCO1. The van der Waals surface area contributed by atoms with Crippen LogP contribution in [-0.4, -0.2) is 48.0 Å². The molecule has 5 nitrogen and oxygen atoms in total. The summed E-state index contributed by atoms with van der Waals surface area (Å²) in [5.74, 6) is -0.00605. The van der Waals surface area contributed by atoms with Gasteiger partial charge in [0.2, 0.25) is 0 Å². The number of para-hydroxylation sites is 1. The van der Waals surface area contributed by atoms with Gasteiger partial charge >= 0.3 is 12.2 Å². The van der Waals surface area contributed by atoms with E-state index in [1.807, 2.05) is 5.32 Å². The molecule has 0 aromatic heterocycles. The molecule has 2 amide bonds.